The van der Waals surface area contributed by atoms with E-state index in [9.17, 15) is 9.59 Å². The molecule has 1 heterocycles. The molecular weight excluding hydrogens is 354 g/mol. The van der Waals surface area contributed by atoms with Crippen LogP contribution in [0.4, 0.5) is 5.69 Å². The van der Waals surface area contributed by atoms with Gasteiger partial charge in [0.15, 0.2) is 0 Å². The largest absolute Gasteiger partial charge is 0.332 e. The smallest absolute Gasteiger partial charge is 0.254 e. The summed E-state index contributed by atoms with van der Waals surface area (Å²) in [6.45, 7) is 4.52. The number of amides is 2. The molecule has 0 saturated heterocycles. The molecule has 3 aromatic rings. The number of aryl methyl sites for hydroxylation is 1. The third-order valence-electron chi connectivity index (χ3n) is 4.62. The van der Waals surface area contributed by atoms with Gasteiger partial charge < -0.3 is 10.2 Å². The molecule has 2 amide bonds. The molecule has 0 aliphatic heterocycles. The van der Waals surface area contributed by atoms with Gasteiger partial charge in [0.2, 0.25) is 5.91 Å². The van der Waals surface area contributed by atoms with E-state index < -0.39 is 0 Å². The molecule has 0 spiro atoms. The highest BCUT2D eigenvalue weighted by Crippen LogP contribution is 2.18. The third kappa shape index (κ3) is 4.62. The molecule has 144 valence electrons. The fourth-order valence-electron chi connectivity index (χ4n) is 2.84. The van der Waals surface area contributed by atoms with E-state index in [0.717, 1.165) is 22.4 Å². The highest BCUT2D eigenvalue weighted by molar-refractivity contribution is 5.99. The molecule has 0 fully saturated rings. The highest BCUT2D eigenvalue weighted by Gasteiger charge is 2.16. The number of carbonyl (C=O) groups excluding carboxylic acids is 2. The van der Waals surface area contributed by atoms with E-state index in [1.165, 1.54) is 11.2 Å². The van der Waals surface area contributed by atoms with Crippen molar-refractivity contribution in [2.75, 3.05) is 18.9 Å². The molecule has 0 atom stereocenters. The summed E-state index contributed by atoms with van der Waals surface area (Å²) in [5.41, 5.74) is 4.44. The maximum absolute atomic E-state index is 12.6. The molecule has 0 saturated carbocycles. The molecule has 3 rings (SSSR count). The van der Waals surface area contributed by atoms with Gasteiger partial charge in [-0.3, -0.25) is 9.59 Å². The number of hydrogen-bond donors (Lipinski definition) is 1. The van der Waals surface area contributed by atoms with Crippen LogP contribution in [0.1, 0.15) is 27.0 Å². The Hall–Kier alpha value is -3.48. The topological polar surface area (TPSA) is 80.1 Å². The number of aromatic nitrogens is 3. The lowest BCUT2D eigenvalue weighted by molar-refractivity contribution is -0.116. The van der Waals surface area contributed by atoms with Crippen LogP contribution in [0.15, 0.2) is 55.1 Å². The van der Waals surface area contributed by atoms with Crippen molar-refractivity contribution < 1.29 is 9.59 Å². The Labute approximate surface area is 164 Å². The molecule has 7 nitrogen and oxygen atoms in total. The standard InChI is InChI=1S/C21H23N5O2/c1-15-5-4-6-19(16(15)2)24-20(27)12-25(3)21(28)18-9-7-17(8-10-18)11-26-14-22-13-23-26/h4-10,13-14H,11-12H2,1-3H3,(H,24,27). The number of benzene rings is 2. The molecular formula is C21H23N5O2. The number of likely N-dealkylation sites (N-methyl/N-ethyl adjacent to an activating group) is 1. The lowest BCUT2D eigenvalue weighted by Crippen LogP contribution is -2.35. The van der Waals surface area contributed by atoms with Gasteiger partial charge in [0, 0.05) is 18.3 Å². The van der Waals surface area contributed by atoms with Crippen LogP contribution in [0.25, 0.3) is 0 Å². The minimum atomic E-state index is -0.229. The number of nitrogens with one attached hydrogen (secondary N) is 1. The van der Waals surface area contributed by atoms with Gasteiger partial charge in [-0.05, 0) is 48.7 Å². The van der Waals surface area contributed by atoms with Crippen LogP contribution in [0.2, 0.25) is 0 Å². The summed E-state index contributed by atoms with van der Waals surface area (Å²) in [5.74, 6) is -0.434. The summed E-state index contributed by atoms with van der Waals surface area (Å²) in [7, 11) is 1.62. The minimum absolute atomic E-state index is 0.0209. The second-order valence-corrected chi connectivity index (χ2v) is 6.75. The lowest BCUT2D eigenvalue weighted by atomic mass is 10.1. The van der Waals surface area contributed by atoms with Crippen molar-refractivity contribution in [3.05, 3.63) is 77.4 Å². The Balaban J connectivity index is 1.59. The van der Waals surface area contributed by atoms with E-state index in [0.29, 0.717) is 12.1 Å². The SMILES string of the molecule is Cc1cccc(NC(=O)CN(C)C(=O)c2ccc(Cn3cncn3)cc2)c1C. The van der Waals surface area contributed by atoms with E-state index in [1.54, 1.807) is 30.2 Å². The quantitative estimate of drug-likeness (QED) is 0.716. The minimum Gasteiger partial charge on any atom is -0.332 e. The second-order valence-electron chi connectivity index (χ2n) is 6.75. The van der Waals surface area contributed by atoms with Crippen molar-refractivity contribution in [3.8, 4) is 0 Å². The van der Waals surface area contributed by atoms with Gasteiger partial charge in [0.05, 0.1) is 13.1 Å². The fourth-order valence-corrected chi connectivity index (χ4v) is 2.84. The van der Waals surface area contributed by atoms with Crippen LogP contribution >= 0.6 is 0 Å². The normalized spacial score (nSPS) is 10.5. The fraction of sp³-hybridized carbons (Fsp3) is 0.238. The van der Waals surface area contributed by atoms with Crippen LogP contribution in [0.3, 0.4) is 0 Å². The number of anilines is 1. The number of carbonyl (C=O) groups is 2. The Morgan fingerprint density at radius 3 is 2.54 bits per heavy atom. The van der Waals surface area contributed by atoms with Crippen molar-refractivity contribution in [3.63, 3.8) is 0 Å². The van der Waals surface area contributed by atoms with Gasteiger partial charge in [0.25, 0.3) is 5.91 Å². The summed E-state index contributed by atoms with van der Waals surface area (Å²) >= 11 is 0. The number of hydrogen-bond acceptors (Lipinski definition) is 4. The molecule has 2 aromatic carbocycles. The van der Waals surface area contributed by atoms with Crippen LogP contribution in [0.5, 0.6) is 0 Å². The molecule has 1 aromatic heterocycles. The number of rotatable bonds is 6. The molecule has 0 aliphatic rings. The first-order chi connectivity index (χ1) is 13.4. The van der Waals surface area contributed by atoms with Crippen molar-refractivity contribution >= 4 is 17.5 Å². The molecule has 0 bridgehead atoms. The van der Waals surface area contributed by atoms with Crippen LogP contribution in [-0.4, -0.2) is 45.1 Å². The lowest BCUT2D eigenvalue weighted by Gasteiger charge is -2.18. The van der Waals surface area contributed by atoms with E-state index in [1.807, 2.05) is 44.2 Å². The molecule has 28 heavy (non-hydrogen) atoms. The summed E-state index contributed by atoms with van der Waals surface area (Å²) in [6.07, 6.45) is 3.12. The first-order valence-electron chi connectivity index (χ1n) is 8.97. The van der Waals surface area contributed by atoms with E-state index in [4.69, 9.17) is 0 Å². The van der Waals surface area contributed by atoms with E-state index >= 15 is 0 Å². The predicted molar refractivity (Wildman–Crippen MR) is 107 cm³/mol. The average Bonchev–Trinajstić information content (AvgIpc) is 3.18. The zero-order valence-corrected chi connectivity index (χ0v) is 16.2. The maximum Gasteiger partial charge on any atom is 0.254 e. The second kappa shape index (κ2) is 8.47. The van der Waals surface area contributed by atoms with Crippen LogP contribution in [-0.2, 0) is 11.3 Å². The summed E-state index contributed by atoms with van der Waals surface area (Å²) in [4.78, 5) is 30.3. The van der Waals surface area contributed by atoms with E-state index in [2.05, 4.69) is 15.4 Å². The average molecular weight is 377 g/mol. The molecule has 7 heteroatoms. The summed E-state index contributed by atoms with van der Waals surface area (Å²) < 4.78 is 1.71. The highest BCUT2D eigenvalue weighted by atomic mass is 16.2. The predicted octanol–water partition coefficient (Wildman–Crippen LogP) is 2.65. The molecule has 0 aliphatic carbocycles. The van der Waals surface area contributed by atoms with Crippen molar-refractivity contribution in [2.45, 2.75) is 20.4 Å². The van der Waals surface area contributed by atoms with Crippen LogP contribution in [0, 0.1) is 13.8 Å². The Morgan fingerprint density at radius 1 is 1.11 bits per heavy atom. The molecule has 0 unspecified atom stereocenters. The van der Waals surface area contributed by atoms with Crippen molar-refractivity contribution in [2.24, 2.45) is 0 Å². The zero-order chi connectivity index (χ0) is 20.1. The van der Waals surface area contributed by atoms with Crippen LogP contribution < -0.4 is 5.32 Å². The monoisotopic (exact) mass is 377 g/mol. The summed E-state index contributed by atoms with van der Waals surface area (Å²) in [5, 5.41) is 6.94. The Kier molecular flexibility index (Phi) is 5.84. The third-order valence-corrected chi connectivity index (χ3v) is 4.62. The van der Waals surface area contributed by atoms with Crippen molar-refractivity contribution in [1.29, 1.82) is 0 Å². The van der Waals surface area contributed by atoms with Gasteiger partial charge in [-0.25, -0.2) is 9.67 Å². The maximum atomic E-state index is 12.6. The molecule has 1 N–H and O–H groups in total. The van der Waals surface area contributed by atoms with Gasteiger partial charge >= 0.3 is 0 Å². The zero-order valence-electron chi connectivity index (χ0n) is 16.2. The van der Waals surface area contributed by atoms with Gasteiger partial charge in [-0.2, -0.15) is 5.10 Å². The number of nitrogens with zero attached hydrogens (tertiary/aromatic N) is 4. The van der Waals surface area contributed by atoms with E-state index in [-0.39, 0.29) is 18.4 Å². The summed E-state index contributed by atoms with van der Waals surface area (Å²) in [6, 6.07) is 13.0. The Morgan fingerprint density at radius 2 is 1.86 bits per heavy atom. The van der Waals surface area contributed by atoms with Gasteiger partial charge in [-0.1, -0.05) is 24.3 Å². The van der Waals surface area contributed by atoms with Gasteiger partial charge in [0.1, 0.15) is 12.7 Å². The first-order valence-corrected chi connectivity index (χ1v) is 8.97. The Bertz CT molecular complexity index is 965. The first kappa shape index (κ1) is 19.3. The van der Waals surface area contributed by atoms with Gasteiger partial charge in [-0.15, -0.1) is 0 Å². The van der Waals surface area contributed by atoms with Crippen molar-refractivity contribution in [1.82, 2.24) is 19.7 Å². The molecule has 0 radical (unpaired) electrons.